The highest BCUT2D eigenvalue weighted by molar-refractivity contribution is 5.66. The van der Waals surface area contributed by atoms with Gasteiger partial charge < -0.3 is 19.5 Å². The van der Waals surface area contributed by atoms with Gasteiger partial charge >= 0.3 is 0 Å². The zero-order valence-electron chi connectivity index (χ0n) is 16.1. The minimum Gasteiger partial charge on any atom is -0.388 e. The minimum absolute atomic E-state index is 0.0703. The van der Waals surface area contributed by atoms with Crippen molar-refractivity contribution in [2.45, 2.75) is 38.6 Å². The van der Waals surface area contributed by atoms with E-state index in [1.807, 2.05) is 32.8 Å². The van der Waals surface area contributed by atoms with E-state index >= 15 is 0 Å². The van der Waals surface area contributed by atoms with E-state index in [1.54, 1.807) is 12.1 Å². The maximum atomic E-state index is 13.4. The molecule has 1 unspecified atom stereocenters. The largest absolute Gasteiger partial charge is 0.388 e. The molecule has 0 bridgehead atoms. The van der Waals surface area contributed by atoms with Crippen LogP contribution in [-0.4, -0.2) is 48.7 Å². The fourth-order valence-corrected chi connectivity index (χ4v) is 3.11. The molecular formula is C20H26FN3O3. The Hall–Kier alpha value is -2.09. The van der Waals surface area contributed by atoms with Crippen LogP contribution in [0, 0.1) is 5.82 Å². The summed E-state index contributed by atoms with van der Waals surface area (Å²) in [6.07, 6.45) is -1.02. The molecule has 0 aliphatic carbocycles. The van der Waals surface area contributed by atoms with E-state index in [2.05, 4.69) is 9.97 Å². The summed E-state index contributed by atoms with van der Waals surface area (Å²) in [4.78, 5) is 11.1. The number of halogens is 1. The lowest BCUT2D eigenvalue weighted by molar-refractivity contribution is -0.0709. The first-order valence-electron chi connectivity index (χ1n) is 9.13. The maximum absolute atomic E-state index is 13.4. The zero-order valence-corrected chi connectivity index (χ0v) is 16.1. The Morgan fingerprint density at radius 1 is 1.15 bits per heavy atom. The van der Waals surface area contributed by atoms with Crippen molar-refractivity contribution in [1.82, 2.24) is 9.97 Å². The van der Waals surface area contributed by atoms with Gasteiger partial charge in [0.1, 0.15) is 5.82 Å². The number of anilines is 1. The Morgan fingerprint density at radius 3 is 2.33 bits per heavy atom. The predicted molar refractivity (Wildman–Crippen MR) is 101 cm³/mol. The maximum Gasteiger partial charge on any atom is 0.225 e. The number of aliphatic hydroxyl groups excluding tert-OH is 1. The van der Waals surface area contributed by atoms with Crippen molar-refractivity contribution in [2.75, 3.05) is 32.2 Å². The van der Waals surface area contributed by atoms with Crippen molar-refractivity contribution in [2.24, 2.45) is 0 Å². The van der Waals surface area contributed by atoms with Crippen LogP contribution in [0.15, 0.2) is 24.3 Å². The van der Waals surface area contributed by atoms with Crippen molar-refractivity contribution in [3.8, 4) is 11.3 Å². The summed E-state index contributed by atoms with van der Waals surface area (Å²) in [6, 6.07) is 6.11. The summed E-state index contributed by atoms with van der Waals surface area (Å²) in [7, 11) is 3.73. The van der Waals surface area contributed by atoms with Gasteiger partial charge in [0.25, 0.3) is 0 Å². The Labute approximate surface area is 159 Å². The van der Waals surface area contributed by atoms with Crippen LogP contribution in [0.5, 0.6) is 0 Å². The van der Waals surface area contributed by atoms with Gasteiger partial charge in [-0.25, -0.2) is 14.4 Å². The molecule has 146 valence electrons. The molecule has 1 fully saturated rings. The predicted octanol–water partition coefficient (Wildman–Crippen LogP) is 3.27. The van der Waals surface area contributed by atoms with Crippen LogP contribution < -0.4 is 4.90 Å². The van der Waals surface area contributed by atoms with E-state index < -0.39 is 12.4 Å². The van der Waals surface area contributed by atoms with Gasteiger partial charge in [-0.3, -0.25) is 0 Å². The molecule has 27 heavy (non-hydrogen) atoms. The summed E-state index contributed by atoms with van der Waals surface area (Å²) in [5.74, 6) is 0.294. The fourth-order valence-electron chi connectivity index (χ4n) is 3.11. The molecule has 0 amide bonds. The summed E-state index contributed by atoms with van der Waals surface area (Å²) in [6.45, 7) is 5.09. The SMILES string of the molecule is CC(C)c1nc(N(C)C)nc(-c2ccc(F)cc2)c1C(O)CC1OCCO1. The van der Waals surface area contributed by atoms with E-state index in [9.17, 15) is 9.50 Å². The molecule has 2 heterocycles. The smallest absolute Gasteiger partial charge is 0.225 e. The molecule has 1 atom stereocenters. The molecule has 3 rings (SSSR count). The molecule has 6 nitrogen and oxygen atoms in total. The van der Waals surface area contributed by atoms with Gasteiger partial charge in [-0.05, 0) is 30.2 Å². The molecule has 1 aliphatic heterocycles. The quantitative estimate of drug-likeness (QED) is 0.836. The molecule has 1 N–H and O–H groups in total. The van der Waals surface area contributed by atoms with Crippen LogP contribution in [0.3, 0.4) is 0 Å². The monoisotopic (exact) mass is 375 g/mol. The number of nitrogens with zero attached hydrogens (tertiary/aromatic N) is 3. The van der Waals surface area contributed by atoms with Crippen LogP contribution >= 0.6 is 0 Å². The van der Waals surface area contributed by atoms with Crippen LogP contribution in [0.25, 0.3) is 11.3 Å². The summed E-state index contributed by atoms with van der Waals surface area (Å²) >= 11 is 0. The summed E-state index contributed by atoms with van der Waals surface area (Å²) in [5, 5.41) is 11.0. The van der Waals surface area contributed by atoms with Crippen molar-refractivity contribution >= 4 is 5.95 Å². The van der Waals surface area contributed by atoms with Gasteiger partial charge in [0, 0.05) is 31.6 Å². The first-order valence-corrected chi connectivity index (χ1v) is 9.13. The molecule has 1 aromatic heterocycles. The molecule has 0 spiro atoms. The number of benzene rings is 1. The normalized spacial score (nSPS) is 16.1. The van der Waals surface area contributed by atoms with Crippen LogP contribution in [0.2, 0.25) is 0 Å². The third kappa shape index (κ3) is 4.43. The second-order valence-corrected chi connectivity index (χ2v) is 7.15. The number of hydrogen-bond acceptors (Lipinski definition) is 6. The fraction of sp³-hybridized carbons (Fsp3) is 0.500. The Bertz CT molecular complexity index is 775. The van der Waals surface area contributed by atoms with Crippen LogP contribution in [-0.2, 0) is 9.47 Å². The first kappa shape index (κ1) is 19.7. The molecule has 0 radical (unpaired) electrons. The highest BCUT2D eigenvalue weighted by Gasteiger charge is 2.28. The second kappa shape index (κ2) is 8.29. The van der Waals surface area contributed by atoms with Crippen LogP contribution in [0.1, 0.15) is 43.5 Å². The molecule has 1 saturated heterocycles. The summed E-state index contributed by atoms with van der Waals surface area (Å²) in [5.41, 5.74) is 2.73. The highest BCUT2D eigenvalue weighted by atomic mass is 19.1. The Morgan fingerprint density at radius 2 is 1.78 bits per heavy atom. The van der Waals surface area contributed by atoms with Gasteiger partial charge in [-0.2, -0.15) is 0 Å². The number of rotatable bonds is 6. The molecule has 1 aliphatic rings. The standard InChI is InChI=1S/C20H26FN3O3/c1-12(2)18-17(15(25)11-16-26-9-10-27-16)19(23-20(22-18)24(3)4)13-5-7-14(21)8-6-13/h5-8,12,15-16,25H,9-11H2,1-4H3. The number of aliphatic hydroxyl groups is 1. The van der Waals surface area contributed by atoms with Crippen LogP contribution in [0.4, 0.5) is 10.3 Å². The van der Waals surface area contributed by atoms with E-state index in [1.165, 1.54) is 12.1 Å². The Balaban J connectivity index is 2.12. The van der Waals surface area contributed by atoms with Crippen molar-refractivity contribution in [1.29, 1.82) is 0 Å². The lowest BCUT2D eigenvalue weighted by Gasteiger charge is -2.24. The third-order valence-electron chi connectivity index (χ3n) is 4.47. The second-order valence-electron chi connectivity index (χ2n) is 7.15. The van der Waals surface area contributed by atoms with Gasteiger partial charge in [-0.15, -0.1) is 0 Å². The molecule has 7 heteroatoms. The zero-order chi connectivity index (χ0) is 19.6. The van der Waals surface area contributed by atoms with Gasteiger partial charge in [0.05, 0.1) is 30.7 Å². The Kier molecular flexibility index (Phi) is 6.04. The van der Waals surface area contributed by atoms with Crippen molar-refractivity contribution < 1.29 is 19.0 Å². The average molecular weight is 375 g/mol. The number of hydrogen-bond donors (Lipinski definition) is 1. The van der Waals surface area contributed by atoms with Gasteiger partial charge in [-0.1, -0.05) is 13.8 Å². The first-order chi connectivity index (χ1) is 12.9. The van der Waals surface area contributed by atoms with Crippen molar-refractivity contribution in [3.63, 3.8) is 0 Å². The lowest BCUT2D eigenvalue weighted by Crippen LogP contribution is -2.20. The van der Waals surface area contributed by atoms with Gasteiger partial charge in [0.2, 0.25) is 5.95 Å². The van der Waals surface area contributed by atoms with Gasteiger partial charge in [0.15, 0.2) is 6.29 Å². The number of aromatic nitrogens is 2. The minimum atomic E-state index is -0.859. The lowest BCUT2D eigenvalue weighted by atomic mass is 9.93. The van der Waals surface area contributed by atoms with Crippen molar-refractivity contribution in [3.05, 3.63) is 41.3 Å². The highest BCUT2D eigenvalue weighted by Crippen LogP contribution is 2.36. The average Bonchev–Trinajstić information content (AvgIpc) is 3.14. The molecular weight excluding hydrogens is 349 g/mol. The topological polar surface area (TPSA) is 67.7 Å². The molecule has 1 aromatic carbocycles. The van der Waals surface area contributed by atoms with E-state index in [0.717, 1.165) is 11.3 Å². The third-order valence-corrected chi connectivity index (χ3v) is 4.47. The molecule has 2 aromatic rings. The van der Waals surface area contributed by atoms with E-state index in [4.69, 9.17) is 9.47 Å². The summed E-state index contributed by atoms with van der Waals surface area (Å²) < 4.78 is 24.4. The molecule has 0 saturated carbocycles. The number of ether oxygens (including phenoxy) is 2. The van der Waals surface area contributed by atoms with E-state index in [0.29, 0.717) is 36.8 Å². The van der Waals surface area contributed by atoms with E-state index in [-0.39, 0.29) is 11.7 Å².